The minimum Gasteiger partial charge on any atom is -0.370 e. The number of nitrogens with zero attached hydrogens (tertiary/aromatic N) is 2. The van der Waals surface area contributed by atoms with E-state index in [0.717, 1.165) is 25.1 Å². The summed E-state index contributed by atoms with van der Waals surface area (Å²) >= 11 is 5.95. The monoisotopic (exact) mass is 345 g/mol. The normalized spacial score (nSPS) is 17.5. The van der Waals surface area contributed by atoms with Gasteiger partial charge in [0.25, 0.3) is 0 Å². The summed E-state index contributed by atoms with van der Waals surface area (Å²) in [6.07, 6.45) is 3.67. The molecule has 126 valence electrons. The number of pyridine rings is 1. The standard InChI is InChI=1S/C18H20ClN3O2/c19-14-5-3-7-15(11-14)21-18(23)22-10-4-8-17(12-22)24-13-16-6-1-2-9-20-16/h1-3,5-7,9,11,17H,4,8,10,12-13H2,(H,21,23)/t17-/m0/s1. The summed E-state index contributed by atoms with van der Waals surface area (Å²) in [5, 5.41) is 3.48. The number of piperidine rings is 1. The van der Waals surface area contributed by atoms with E-state index in [1.54, 1.807) is 23.2 Å². The molecule has 1 aliphatic rings. The van der Waals surface area contributed by atoms with E-state index in [9.17, 15) is 4.79 Å². The van der Waals surface area contributed by atoms with Gasteiger partial charge in [0.2, 0.25) is 0 Å². The van der Waals surface area contributed by atoms with Crippen molar-refractivity contribution in [2.75, 3.05) is 18.4 Å². The minimum atomic E-state index is -0.122. The second-order valence-corrected chi connectivity index (χ2v) is 6.22. The van der Waals surface area contributed by atoms with E-state index in [0.29, 0.717) is 23.9 Å². The van der Waals surface area contributed by atoms with E-state index in [4.69, 9.17) is 16.3 Å². The van der Waals surface area contributed by atoms with Crippen LogP contribution in [0.1, 0.15) is 18.5 Å². The number of ether oxygens (including phenoxy) is 1. The second kappa shape index (κ2) is 8.13. The molecule has 1 aromatic heterocycles. The Morgan fingerprint density at radius 2 is 2.25 bits per heavy atom. The van der Waals surface area contributed by atoms with Crippen LogP contribution in [0.25, 0.3) is 0 Å². The molecule has 1 atom stereocenters. The Kier molecular flexibility index (Phi) is 5.67. The smallest absolute Gasteiger partial charge is 0.321 e. The second-order valence-electron chi connectivity index (χ2n) is 5.78. The summed E-state index contributed by atoms with van der Waals surface area (Å²) in [4.78, 5) is 18.4. The lowest BCUT2D eigenvalue weighted by atomic mass is 10.1. The van der Waals surface area contributed by atoms with E-state index in [-0.39, 0.29) is 12.1 Å². The first kappa shape index (κ1) is 16.7. The summed E-state index contributed by atoms with van der Waals surface area (Å²) in [7, 11) is 0. The molecule has 2 heterocycles. The topological polar surface area (TPSA) is 54.5 Å². The van der Waals surface area contributed by atoms with Gasteiger partial charge in [0.15, 0.2) is 0 Å². The predicted octanol–water partition coefficient (Wildman–Crippen LogP) is 3.95. The van der Waals surface area contributed by atoms with Gasteiger partial charge in [-0.15, -0.1) is 0 Å². The zero-order valence-corrected chi connectivity index (χ0v) is 14.1. The first-order valence-corrected chi connectivity index (χ1v) is 8.41. The zero-order chi connectivity index (χ0) is 16.8. The lowest BCUT2D eigenvalue weighted by molar-refractivity contribution is -0.000325. The molecule has 1 saturated heterocycles. The average molecular weight is 346 g/mol. The molecular weight excluding hydrogens is 326 g/mol. The van der Waals surface area contributed by atoms with Crippen LogP contribution in [0, 0.1) is 0 Å². The number of aromatic nitrogens is 1. The fourth-order valence-corrected chi connectivity index (χ4v) is 2.90. The fourth-order valence-electron chi connectivity index (χ4n) is 2.71. The maximum Gasteiger partial charge on any atom is 0.321 e. The largest absolute Gasteiger partial charge is 0.370 e. The maximum atomic E-state index is 12.4. The quantitative estimate of drug-likeness (QED) is 0.912. The van der Waals surface area contributed by atoms with Crippen molar-refractivity contribution in [3.05, 3.63) is 59.4 Å². The molecule has 3 rings (SSSR count). The van der Waals surface area contributed by atoms with Crippen LogP contribution in [0.4, 0.5) is 10.5 Å². The third-order valence-corrected chi connectivity index (χ3v) is 4.17. The molecule has 6 heteroatoms. The number of amides is 2. The van der Waals surface area contributed by atoms with Gasteiger partial charge >= 0.3 is 6.03 Å². The van der Waals surface area contributed by atoms with Crippen LogP contribution < -0.4 is 5.32 Å². The first-order chi connectivity index (χ1) is 11.7. The average Bonchev–Trinajstić information content (AvgIpc) is 2.61. The summed E-state index contributed by atoms with van der Waals surface area (Å²) in [5.41, 5.74) is 1.60. The Bertz CT molecular complexity index is 681. The Hall–Kier alpha value is -2.11. The lowest BCUT2D eigenvalue weighted by Crippen LogP contribution is -2.45. The highest BCUT2D eigenvalue weighted by atomic mass is 35.5. The van der Waals surface area contributed by atoms with Crippen molar-refractivity contribution < 1.29 is 9.53 Å². The molecule has 0 radical (unpaired) electrons. The van der Waals surface area contributed by atoms with Gasteiger partial charge in [-0.1, -0.05) is 23.7 Å². The molecule has 2 amide bonds. The SMILES string of the molecule is O=C(Nc1cccc(Cl)c1)N1CCC[C@H](OCc2ccccn2)C1. The predicted molar refractivity (Wildman–Crippen MR) is 94.1 cm³/mol. The van der Waals surface area contributed by atoms with E-state index >= 15 is 0 Å². The molecule has 0 spiro atoms. The lowest BCUT2D eigenvalue weighted by Gasteiger charge is -2.32. The van der Waals surface area contributed by atoms with Gasteiger partial charge in [-0.2, -0.15) is 0 Å². The molecule has 24 heavy (non-hydrogen) atoms. The van der Waals surface area contributed by atoms with Crippen LogP contribution in [0.5, 0.6) is 0 Å². The summed E-state index contributed by atoms with van der Waals surface area (Å²) in [5.74, 6) is 0. The van der Waals surface area contributed by atoms with Gasteiger partial charge in [-0.25, -0.2) is 4.79 Å². The van der Waals surface area contributed by atoms with Crippen LogP contribution in [0.3, 0.4) is 0 Å². The zero-order valence-electron chi connectivity index (χ0n) is 13.3. The fraction of sp³-hybridized carbons (Fsp3) is 0.333. The molecule has 0 aliphatic carbocycles. The number of carbonyl (C=O) groups is 1. The van der Waals surface area contributed by atoms with Crippen molar-refractivity contribution in [3.63, 3.8) is 0 Å². The van der Waals surface area contributed by atoms with Crippen LogP contribution >= 0.6 is 11.6 Å². The van der Waals surface area contributed by atoms with Crippen molar-refractivity contribution in [1.82, 2.24) is 9.88 Å². The molecule has 1 aliphatic heterocycles. The highest BCUT2D eigenvalue weighted by molar-refractivity contribution is 6.30. The first-order valence-electron chi connectivity index (χ1n) is 8.04. The van der Waals surface area contributed by atoms with Crippen molar-refractivity contribution in [2.45, 2.75) is 25.6 Å². The third-order valence-electron chi connectivity index (χ3n) is 3.93. The number of anilines is 1. The maximum absolute atomic E-state index is 12.4. The number of benzene rings is 1. The number of urea groups is 1. The van der Waals surface area contributed by atoms with Gasteiger partial charge in [0.05, 0.1) is 18.4 Å². The molecule has 1 aromatic carbocycles. The summed E-state index contributed by atoms with van der Waals surface area (Å²) in [6.45, 7) is 1.78. The van der Waals surface area contributed by atoms with Crippen molar-refractivity contribution in [1.29, 1.82) is 0 Å². The summed E-state index contributed by atoms with van der Waals surface area (Å²) < 4.78 is 5.91. The number of likely N-dealkylation sites (tertiary alicyclic amines) is 1. The number of hydrogen-bond donors (Lipinski definition) is 1. The van der Waals surface area contributed by atoms with E-state index in [1.807, 2.05) is 30.3 Å². The Morgan fingerprint density at radius 1 is 1.33 bits per heavy atom. The Labute approximate surface area is 146 Å². The number of nitrogens with one attached hydrogen (secondary N) is 1. The van der Waals surface area contributed by atoms with Crippen molar-refractivity contribution in [3.8, 4) is 0 Å². The van der Waals surface area contributed by atoms with Crippen LogP contribution in [-0.2, 0) is 11.3 Å². The molecule has 0 saturated carbocycles. The van der Waals surface area contributed by atoms with E-state index < -0.39 is 0 Å². The van der Waals surface area contributed by atoms with Gasteiger partial charge in [-0.05, 0) is 43.2 Å². The van der Waals surface area contributed by atoms with Gasteiger partial charge in [0.1, 0.15) is 0 Å². The molecule has 0 unspecified atom stereocenters. The van der Waals surface area contributed by atoms with E-state index in [2.05, 4.69) is 10.3 Å². The number of rotatable bonds is 4. The molecule has 0 bridgehead atoms. The molecular formula is C18H20ClN3O2. The molecule has 1 N–H and O–H groups in total. The van der Waals surface area contributed by atoms with Crippen molar-refractivity contribution >= 4 is 23.3 Å². The highest BCUT2D eigenvalue weighted by Gasteiger charge is 2.24. The van der Waals surface area contributed by atoms with Crippen LogP contribution in [0.15, 0.2) is 48.7 Å². The molecule has 1 fully saturated rings. The van der Waals surface area contributed by atoms with Crippen LogP contribution in [-0.4, -0.2) is 35.1 Å². The van der Waals surface area contributed by atoms with Gasteiger partial charge < -0.3 is 15.0 Å². The summed E-state index contributed by atoms with van der Waals surface area (Å²) in [6, 6.07) is 12.8. The molecule has 2 aromatic rings. The van der Waals surface area contributed by atoms with Crippen molar-refractivity contribution in [2.24, 2.45) is 0 Å². The van der Waals surface area contributed by atoms with Crippen LogP contribution in [0.2, 0.25) is 5.02 Å². The molecule has 5 nitrogen and oxygen atoms in total. The number of halogens is 1. The number of carbonyl (C=O) groups excluding carboxylic acids is 1. The van der Waals surface area contributed by atoms with Gasteiger partial charge in [0, 0.05) is 30.0 Å². The van der Waals surface area contributed by atoms with Gasteiger partial charge in [-0.3, -0.25) is 4.98 Å². The van der Waals surface area contributed by atoms with E-state index in [1.165, 1.54) is 0 Å². The Balaban J connectivity index is 1.52. The Morgan fingerprint density at radius 3 is 3.04 bits per heavy atom. The highest BCUT2D eigenvalue weighted by Crippen LogP contribution is 2.18. The number of hydrogen-bond acceptors (Lipinski definition) is 3. The minimum absolute atomic E-state index is 0.0332. The third kappa shape index (κ3) is 4.69.